The Hall–Kier alpha value is -2.64. The van der Waals surface area contributed by atoms with Gasteiger partial charge in [0.05, 0.1) is 6.61 Å². The van der Waals surface area contributed by atoms with Gasteiger partial charge in [-0.15, -0.1) is 0 Å². The molecular weight excluding hydrogens is 308 g/mol. The minimum Gasteiger partial charge on any atom is -0.478 e. The summed E-state index contributed by atoms with van der Waals surface area (Å²) in [5.74, 6) is 1.51. The number of hydrogen-bond acceptors (Lipinski definition) is 6. The molecule has 0 bridgehead atoms. The van der Waals surface area contributed by atoms with E-state index in [0.29, 0.717) is 37.3 Å². The highest BCUT2D eigenvalue weighted by Crippen LogP contribution is 2.21. The second-order valence-electron chi connectivity index (χ2n) is 6.10. The second kappa shape index (κ2) is 6.46. The van der Waals surface area contributed by atoms with Crippen molar-refractivity contribution in [3.05, 3.63) is 30.4 Å². The van der Waals surface area contributed by atoms with Crippen molar-refractivity contribution in [1.82, 2.24) is 24.6 Å². The maximum absolute atomic E-state index is 12.6. The third kappa shape index (κ3) is 3.04. The molecule has 1 saturated heterocycles. The Balaban J connectivity index is 1.35. The van der Waals surface area contributed by atoms with Crippen LogP contribution in [-0.4, -0.2) is 56.3 Å². The number of carbonyl (C=O) groups excluding carboxylic acids is 1. The zero-order chi connectivity index (χ0) is 16.4. The molecule has 0 saturated carbocycles. The molecule has 24 heavy (non-hydrogen) atoms. The fraction of sp³-hybridized carbons (Fsp3) is 0.500. The van der Waals surface area contributed by atoms with Gasteiger partial charge in [-0.2, -0.15) is 5.10 Å². The summed E-state index contributed by atoms with van der Waals surface area (Å²) in [6.45, 7) is 2.93. The number of rotatable bonds is 3. The van der Waals surface area contributed by atoms with Crippen LogP contribution >= 0.6 is 0 Å². The number of hydrogen-bond donors (Lipinski definition) is 1. The Morgan fingerprint density at radius 3 is 2.92 bits per heavy atom. The number of nitrogens with zero attached hydrogens (tertiary/aromatic N) is 5. The van der Waals surface area contributed by atoms with Crippen LogP contribution in [0.4, 0.5) is 5.82 Å². The zero-order valence-corrected chi connectivity index (χ0v) is 13.4. The lowest BCUT2D eigenvalue weighted by atomic mass is 10.0. The van der Waals surface area contributed by atoms with Crippen LogP contribution < -0.4 is 10.1 Å². The van der Waals surface area contributed by atoms with E-state index in [2.05, 4.69) is 20.4 Å². The molecule has 2 aliphatic heterocycles. The average molecular weight is 328 g/mol. The van der Waals surface area contributed by atoms with Gasteiger partial charge in [0.25, 0.3) is 5.91 Å². The molecular formula is C16H20N6O2. The van der Waals surface area contributed by atoms with Crippen molar-refractivity contribution in [3.63, 3.8) is 0 Å². The van der Waals surface area contributed by atoms with E-state index in [9.17, 15) is 4.79 Å². The van der Waals surface area contributed by atoms with Gasteiger partial charge in [-0.05, 0) is 18.9 Å². The maximum atomic E-state index is 12.6. The smallest absolute Gasteiger partial charge is 0.274 e. The van der Waals surface area contributed by atoms with Crippen LogP contribution in [0.1, 0.15) is 29.8 Å². The molecule has 2 aromatic rings. The van der Waals surface area contributed by atoms with E-state index in [0.717, 1.165) is 31.6 Å². The van der Waals surface area contributed by atoms with Crippen molar-refractivity contribution < 1.29 is 9.53 Å². The molecule has 4 rings (SSSR count). The number of nitrogens with one attached hydrogen (secondary N) is 1. The Labute approximate surface area is 139 Å². The van der Waals surface area contributed by atoms with Gasteiger partial charge in [-0.25, -0.2) is 14.6 Å². The highest BCUT2D eigenvalue weighted by Gasteiger charge is 2.26. The molecule has 0 unspecified atom stereocenters. The lowest BCUT2D eigenvalue weighted by Gasteiger charge is -2.32. The van der Waals surface area contributed by atoms with Gasteiger partial charge in [0.2, 0.25) is 5.88 Å². The number of piperidine rings is 1. The van der Waals surface area contributed by atoms with E-state index in [1.807, 2.05) is 11.0 Å². The molecule has 1 fully saturated rings. The summed E-state index contributed by atoms with van der Waals surface area (Å²) in [7, 11) is 0. The highest BCUT2D eigenvalue weighted by atomic mass is 16.5. The summed E-state index contributed by atoms with van der Waals surface area (Å²) in [5, 5.41) is 7.77. The minimum atomic E-state index is -0.0130. The summed E-state index contributed by atoms with van der Waals surface area (Å²) in [5.41, 5.74) is 0.481. The number of ether oxygens (including phenoxy) is 1. The van der Waals surface area contributed by atoms with Crippen LogP contribution in [0.3, 0.4) is 0 Å². The second-order valence-corrected chi connectivity index (χ2v) is 6.10. The molecule has 126 valence electrons. The molecule has 8 heteroatoms. The quantitative estimate of drug-likeness (QED) is 0.910. The Morgan fingerprint density at radius 1 is 1.29 bits per heavy atom. The molecule has 0 atom stereocenters. The molecule has 2 aromatic heterocycles. The molecule has 4 heterocycles. The molecule has 0 spiro atoms. The number of likely N-dealkylation sites (tertiary alicyclic amines) is 1. The number of amides is 1. The summed E-state index contributed by atoms with van der Waals surface area (Å²) in [6.07, 6.45) is 5.96. The van der Waals surface area contributed by atoms with Crippen LogP contribution in [0.5, 0.6) is 5.88 Å². The first-order valence-corrected chi connectivity index (χ1v) is 8.32. The first-order valence-electron chi connectivity index (χ1n) is 8.32. The number of aromatic nitrogens is 4. The molecule has 0 aliphatic carbocycles. The summed E-state index contributed by atoms with van der Waals surface area (Å²) in [6, 6.07) is 3.93. The molecule has 0 radical (unpaired) electrons. The number of fused-ring (bicyclic) bond motifs is 1. The molecule has 2 aliphatic rings. The zero-order valence-electron chi connectivity index (χ0n) is 13.4. The van der Waals surface area contributed by atoms with Gasteiger partial charge in [-0.1, -0.05) is 0 Å². The number of aryl methyl sites for hydroxylation is 1. The van der Waals surface area contributed by atoms with Crippen LogP contribution in [0.2, 0.25) is 0 Å². The fourth-order valence-electron chi connectivity index (χ4n) is 3.15. The van der Waals surface area contributed by atoms with Crippen molar-refractivity contribution >= 4 is 11.7 Å². The predicted octanol–water partition coefficient (Wildman–Crippen LogP) is 1.17. The first kappa shape index (κ1) is 14.9. The maximum Gasteiger partial charge on any atom is 0.274 e. The Kier molecular flexibility index (Phi) is 4.02. The van der Waals surface area contributed by atoms with Crippen molar-refractivity contribution in [1.29, 1.82) is 0 Å². The standard InChI is InChI=1S/C16H20N6O2/c23-16(13-10-15-22(20-13)6-1-9-24-15)21-7-3-12(4-8-21)19-14-2-5-17-11-18-14/h2,5,10-12H,1,3-4,6-9H2,(H,17,18,19). The van der Waals surface area contributed by atoms with Crippen LogP contribution in [0.15, 0.2) is 24.7 Å². The lowest BCUT2D eigenvalue weighted by Crippen LogP contribution is -2.42. The summed E-state index contributed by atoms with van der Waals surface area (Å²) >= 11 is 0. The van der Waals surface area contributed by atoms with E-state index in [-0.39, 0.29) is 5.91 Å². The van der Waals surface area contributed by atoms with E-state index < -0.39 is 0 Å². The van der Waals surface area contributed by atoms with Crippen LogP contribution in [-0.2, 0) is 6.54 Å². The topological polar surface area (TPSA) is 85.2 Å². The van der Waals surface area contributed by atoms with Gasteiger partial charge in [0.15, 0.2) is 5.69 Å². The van der Waals surface area contributed by atoms with Crippen molar-refractivity contribution in [3.8, 4) is 5.88 Å². The van der Waals surface area contributed by atoms with Crippen molar-refractivity contribution in [2.75, 3.05) is 25.0 Å². The molecule has 1 amide bonds. The van der Waals surface area contributed by atoms with E-state index in [1.165, 1.54) is 6.33 Å². The lowest BCUT2D eigenvalue weighted by molar-refractivity contribution is 0.0711. The Bertz CT molecular complexity index is 685. The van der Waals surface area contributed by atoms with E-state index in [1.54, 1.807) is 16.9 Å². The molecule has 1 N–H and O–H groups in total. The Morgan fingerprint density at radius 2 is 2.17 bits per heavy atom. The van der Waals surface area contributed by atoms with Crippen molar-refractivity contribution in [2.24, 2.45) is 0 Å². The summed E-state index contributed by atoms with van der Waals surface area (Å²) in [4.78, 5) is 22.6. The fourth-order valence-corrected chi connectivity index (χ4v) is 3.15. The average Bonchev–Trinajstić information content (AvgIpc) is 3.07. The van der Waals surface area contributed by atoms with E-state index >= 15 is 0 Å². The first-order chi connectivity index (χ1) is 11.8. The van der Waals surface area contributed by atoms with Crippen LogP contribution in [0, 0.1) is 0 Å². The number of anilines is 1. The van der Waals surface area contributed by atoms with Gasteiger partial charge in [0, 0.05) is 44.4 Å². The highest BCUT2D eigenvalue weighted by molar-refractivity contribution is 5.92. The van der Waals surface area contributed by atoms with Crippen molar-refractivity contribution in [2.45, 2.75) is 31.8 Å². The predicted molar refractivity (Wildman–Crippen MR) is 86.9 cm³/mol. The largest absolute Gasteiger partial charge is 0.478 e. The van der Waals surface area contributed by atoms with Gasteiger partial charge in [0.1, 0.15) is 12.1 Å². The van der Waals surface area contributed by atoms with Gasteiger partial charge >= 0.3 is 0 Å². The van der Waals surface area contributed by atoms with E-state index in [4.69, 9.17) is 4.74 Å². The normalized spacial score (nSPS) is 17.9. The van der Waals surface area contributed by atoms with Gasteiger partial charge < -0.3 is 15.0 Å². The minimum absolute atomic E-state index is 0.0130. The third-order valence-corrected chi connectivity index (χ3v) is 4.44. The third-order valence-electron chi connectivity index (χ3n) is 4.44. The summed E-state index contributed by atoms with van der Waals surface area (Å²) < 4.78 is 7.31. The molecule has 8 nitrogen and oxygen atoms in total. The number of carbonyl (C=O) groups is 1. The monoisotopic (exact) mass is 328 g/mol. The molecule has 0 aromatic carbocycles. The van der Waals surface area contributed by atoms with Crippen LogP contribution in [0.25, 0.3) is 0 Å². The SMILES string of the molecule is O=C(c1cc2n(n1)CCCO2)N1CCC(Nc2ccncn2)CC1. The van der Waals surface area contributed by atoms with Gasteiger partial charge in [-0.3, -0.25) is 4.79 Å².